The topological polar surface area (TPSA) is 63.2 Å². The molecule has 1 amide bonds. The fourth-order valence-corrected chi connectivity index (χ4v) is 3.84. The van der Waals surface area contributed by atoms with Crippen LogP contribution in [0, 0.1) is 0 Å². The van der Waals surface area contributed by atoms with Crippen molar-refractivity contribution in [2.75, 3.05) is 5.75 Å². The number of alkyl halides is 3. The van der Waals surface area contributed by atoms with Crippen LogP contribution in [0.25, 0.3) is 0 Å². The van der Waals surface area contributed by atoms with E-state index in [1.807, 2.05) is 0 Å². The van der Waals surface area contributed by atoms with Gasteiger partial charge in [0.2, 0.25) is 5.91 Å². The van der Waals surface area contributed by atoms with Gasteiger partial charge in [-0.15, -0.1) is 0 Å². The zero-order valence-corrected chi connectivity index (χ0v) is 13.8. The van der Waals surface area contributed by atoms with Crippen molar-refractivity contribution in [3.8, 4) is 0 Å². The lowest BCUT2D eigenvalue weighted by atomic mass is 9.95. The number of sulfone groups is 1. The maximum absolute atomic E-state index is 12.2. The summed E-state index contributed by atoms with van der Waals surface area (Å²) in [5.41, 5.74) is 0. The molecular formula is C14H24F3NO3S. The van der Waals surface area contributed by atoms with Crippen molar-refractivity contribution in [1.82, 2.24) is 5.32 Å². The second-order valence-corrected chi connectivity index (χ2v) is 9.01. The molecule has 1 aliphatic rings. The molecule has 130 valence electrons. The Kier molecular flexibility index (Phi) is 6.29. The molecule has 0 heterocycles. The van der Waals surface area contributed by atoms with Crippen molar-refractivity contribution in [2.45, 2.75) is 75.8 Å². The second kappa shape index (κ2) is 7.19. The van der Waals surface area contributed by atoms with Gasteiger partial charge in [-0.25, -0.2) is 8.42 Å². The van der Waals surface area contributed by atoms with E-state index in [1.54, 1.807) is 0 Å². The van der Waals surface area contributed by atoms with Gasteiger partial charge in [-0.2, -0.15) is 13.2 Å². The molecule has 0 bridgehead atoms. The standard InChI is InChI=1S/C14H24F3NO3S/c1-13(2,12(19)18-11-7-4-3-5-8-11)22(20,21)10-6-9-14(15,16)17/h11H,3-10H2,1-2H3,(H,18,19). The summed E-state index contributed by atoms with van der Waals surface area (Å²) in [6, 6.07) is -0.0362. The molecule has 0 aromatic rings. The summed E-state index contributed by atoms with van der Waals surface area (Å²) in [4.78, 5) is 12.2. The fourth-order valence-electron chi connectivity index (χ4n) is 2.47. The Morgan fingerprint density at radius 3 is 2.18 bits per heavy atom. The molecule has 0 spiro atoms. The molecule has 0 aliphatic heterocycles. The van der Waals surface area contributed by atoms with Gasteiger partial charge in [0, 0.05) is 12.5 Å². The van der Waals surface area contributed by atoms with E-state index in [1.165, 1.54) is 13.8 Å². The average molecular weight is 343 g/mol. The average Bonchev–Trinajstić information content (AvgIpc) is 2.37. The van der Waals surface area contributed by atoms with Crippen LogP contribution in [0.3, 0.4) is 0 Å². The largest absolute Gasteiger partial charge is 0.389 e. The Balaban J connectivity index is 2.62. The minimum absolute atomic E-state index is 0.0362. The van der Waals surface area contributed by atoms with Crippen LogP contribution in [0.15, 0.2) is 0 Å². The molecule has 22 heavy (non-hydrogen) atoms. The number of amides is 1. The third kappa shape index (κ3) is 5.44. The van der Waals surface area contributed by atoms with E-state index in [0.29, 0.717) is 0 Å². The highest BCUT2D eigenvalue weighted by molar-refractivity contribution is 7.93. The molecular weight excluding hydrogens is 319 g/mol. The van der Waals surface area contributed by atoms with Crippen LogP contribution in [0.5, 0.6) is 0 Å². The Morgan fingerprint density at radius 2 is 1.68 bits per heavy atom. The zero-order chi connectivity index (χ0) is 17.0. The molecule has 0 atom stereocenters. The summed E-state index contributed by atoms with van der Waals surface area (Å²) in [5, 5.41) is 2.73. The number of rotatable bonds is 6. The lowest BCUT2D eigenvalue weighted by Gasteiger charge is -2.29. The molecule has 1 aliphatic carbocycles. The first-order valence-corrected chi connectivity index (χ1v) is 9.21. The lowest BCUT2D eigenvalue weighted by molar-refractivity contribution is -0.134. The summed E-state index contributed by atoms with van der Waals surface area (Å²) in [6.45, 7) is 2.52. The van der Waals surface area contributed by atoms with E-state index in [2.05, 4.69) is 5.32 Å². The Bertz CT molecular complexity index is 480. The summed E-state index contributed by atoms with van der Waals surface area (Å²) in [7, 11) is -3.94. The molecule has 4 nitrogen and oxygen atoms in total. The Labute approximate surface area is 129 Å². The van der Waals surface area contributed by atoms with Crippen molar-refractivity contribution in [1.29, 1.82) is 0 Å². The Hall–Kier alpha value is -0.790. The van der Waals surface area contributed by atoms with E-state index in [4.69, 9.17) is 0 Å². The van der Waals surface area contributed by atoms with Crippen LogP contribution in [0.2, 0.25) is 0 Å². The zero-order valence-electron chi connectivity index (χ0n) is 13.0. The molecule has 1 fully saturated rings. The van der Waals surface area contributed by atoms with Gasteiger partial charge in [0.1, 0.15) is 4.75 Å². The number of carbonyl (C=O) groups excluding carboxylic acids is 1. The van der Waals surface area contributed by atoms with E-state index in [-0.39, 0.29) is 6.04 Å². The van der Waals surface area contributed by atoms with Crippen molar-refractivity contribution >= 4 is 15.7 Å². The van der Waals surface area contributed by atoms with Gasteiger partial charge in [0.05, 0.1) is 5.75 Å². The van der Waals surface area contributed by atoms with Crippen LogP contribution in [-0.2, 0) is 14.6 Å². The van der Waals surface area contributed by atoms with E-state index in [0.717, 1.165) is 32.1 Å². The Morgan fingerprint density at radius 1 is 1.14 bits per heavy atom. The first-order valence-electron chi connectivity index (χ1n) is 7.56. The van der Waals surface area contributed by atoms with Crippen molar-refractivity contribution in [3.63, 3.8) is 0 Å². The van der Waals surface area contributed by atoms with Crippen LogP contribution in [-0.4, -0.2) is 37.0 Å². The third-order valence-corrected chi connectivity index (χ3v) is 6.70. The summed E-state index contributed by atoms with van der Waals surface area (Å²) in [6.07, 6.45) is -1.35. The highest BCUT2D eigenvalue weighted by Crippen LogP contribution is 2.25. The second-order valence-electron chi connectivity index (χ2n) is 6.36. The lowest BCUT2D eigenvalue weighted by Crippen LogP contribution is -2.52. The molecule has 8 heteroatoms. The van der Waals surface area contributed by atoms with Gasteiger partial charge in [-0.05, 0) is 33.1 Å². The van der Waals surface area contributed by atoms with Crippen LogP contribution in [0.4, 0.5) is 13.2 Å². The highest BCUT2D eigenvalue weighted by Gasteiger charge is 2.42. The van der Waals surface area contributed by atoms with Crippen molar-refractivity contribution in [2.24, 2.45) is 0 Å². The van der Waals surface area contributed by atoms with Gasteiger partial charge >= 0.3 is 6.18 Å². The monoisotopic (exact) mass is 343 g/mol. The fraction of sp³-hybridized carbons (Fsp3) is 0.929. The quantitative estimate of drug-likeness (QED) is 0.806. The van der Waals surface area contributed by atoms with Crippen LogP contribution in [0.1, 0.15) is 58.8 Å². The number of hydrogen-bond donors (Lipinski definition) is 1. The third-order valence-electron chi connectivity index (χ3n) is 4.14. The SMILES string of the molecule is CC(C)(C(=O)NC1CCCCC1)S(=O)(=O)CCCC(F)(F)F. The normalized spacial score (nSPS) is 18.2. The minimum atomic E-state index is -4.38. The first kappa shape index (κ1) is 19.3. The highest BCUT2D eigenvalue weighted by atomic mass is 32.2. The predicted molar refractivity (Wildman–Crippen MR) is 78.2 cm³/mol. The maximum atomic E-state index is 12.2. The number of hydrogen-bond acceptors (Lipinski definition) is 3. The first-order chi connectivity index (χ1) is 9.96. The van der Waals surface area contributed by atoms with Gasteiger partial charge in [0.25, 0.3) is 0 Å². The molecule has 0 aromatic heterocycles. The van der Waals surface area contributed by atoms with Gasteiger partial charge in [-0.1, -0.05) is 19.3 Å². The molecule has 0 aromatic carbocycles. The number of carbonyl (C=O) groups is 1. The van der Waals surface area contributed by atoms with Crippen molar-refractivity contribution < 1.29 is 26.4 Å². The molecule has 0 unspecified atom stereocenters. The molecule has 0 saturated heterocycles. The van der Waals surface area contributed by atoms with Crippen LogP contribution >= 0.6 is 0 Å². The van der Waals surface area contributed by atoms with Crippen LogP contribution < -0.4 is 5.32 Å². The van der Waals surface area contributed by atoms with Crippen molar-refractivity contribution in [3.05, 3.63) is 0 Å². The van der Waals surface area contributed by atoms with E-state index < -0.39 is 45.3 Å². The number of halogens is 3. The molecule has 0 radical (unpaired) electrons. The molecule has 1 saturated carbocycles. The minimum Gasteiger partial charge on any atom is -0.352 e. The predicted octanol–water partition coefficient (Wildman–Crippen LogP) is 2.97. The van der Waals surface area contributed by atoms with Gasteiger partial charge in [-0.3, -0.25) is 4.79 Å². The summed E-state index contributed by atoms with van der Waals surface area (Å²) < 4.78 is 59.0. The maximum Gasteiger partial charge on any atom is 0.389 e. The van der Waals surface area contributed by atoms with Gasteiger partial charge in [0.15, 0.2) is 9.84 Å². The molecule has 1 N–H and O–H groups in total. The van der Waals surface area contributed by atoms with E-state index in [9.17, 15) is 26.4 Å². The smallest absolute Gasteiger partial charge is 0.352 e. The summed E-state index contributed by atoms with van der Waals surface area (Å²) >= 11 is 0. The van der Waals surface area contributed by atoms with E-state index >= 15 is 0 Å². The van der Waals surface area contributed by atoms with Gasteiger partial charge < -0.3 is 5.32 Å². The number of nitrogens with one attached hydrogen (secondary N) is 1. The molecule has 1 rings (SSSR count). The summed E-state index contributed by atoms with van der Waals surface area (Å²) in [5.74, 6) is -1.26.